The van der Waals surface area contributed by atoms with Gasteiger partial charge < -0.3 is 0 Å². The van der Waals surface area contributed by atoms with Crippen LogP contribution in [0.5, 0.6) is 0 Å². The van der Waals surface area contributed by atoms with E-state index in [2.05, 4.69) is 206 Å². The molecule has 0 saturated heterocycles. The maximum atomic E-state index is 5.59. The molecule has 63 heavy (non-hydrogen) atoms. The average molecular weight is 803 g/mol. The van der Waals surface area contributed by atoms with Crippen LogP contribution in [-0.4, -0.2) is 19.5 Å². The molecule has 11 aromatic rings. The lowest BCUT2D eigenvalue weighted by atomic mass is 9.70. The molecular formula is C59H38N4. The molecular weight excluding hydrogens is 765 g/mol. The van der Waals surface area contributed by atoms with Crippen LogP contribution in [0.1, 0.15) is 47.2 Å². The smallest absolute Gasteiger partial charge is 0.238 e. The molecule has 9 aromatic carbocycles. The number of fused-ring (bicyclic) bond motifs is 20. The fourth-order valence-electron chi connectivity index (χ4n) is 11.9. The van der Waals surface area contributed by atoms with Crippen molar-refractivity contribution in [1.29, 1.82) is 0 Å². The predicted molar refractivity (Wildman–Crippen MR) is 256 cm³/mol. The monoisotopic (exact) mass is 802 g/mol. The van der Waals surface area contributed by atoms with Crippen molar-refractivity contribution in [3.05, 3.63) is 228 Å². The molecule has 0 bridgehead atoms. The third-order valence-corrected chi connectivity index (χ3v) is 14.5. The Morgan fingerprint density at radius 1 is 0.397 bits per heavy atom. The van der Waals surface area contributed by atoms with Crippen LogP contribution in [-0.2, 0) is 10.8 Å². The fourth-order valence-corrected chi connectivity index (χ4v) is 11.9. The molecule has 0 radical (unpaired) electrons. The Labute approximate surface area is 364 Å². The van der Waals surface area contributed by atoms with Gasteiger partial charge >= 0.3 is 0 Å². The quantitative estimate of drug-likeness (QED) is 0.179. The van der Waals surface area contributed by atoms with Crippen LogP contribution < -0.4 is 0 Å². The van der Waals surface area contributed by atoms with Gasteiger partial charge in [-0.15, -0.1) is 0 Å². The highest BCUT2D eigenvalue weighted by molar-refractivity contribution is 6.27. The number of hydrogen-bond donors (Lipinski definition) is 0. The van der Waals surface area contributed by atoms with Gasteiger partial charge in [-0.3, -0.25) is 4.57 Å². The molecule has 0 atom stereocenters. The first-order valence-electron chi connectivity index (χ1n) is 21.9. The summed E-state index contributed by atoms with van der Waals surface area (Å²) < 4.78 is 2.37. The Morgan fingerprint density at radius 2 is 0.905 bits per heavy atom. The molecule has 2 heterocycles. The van der Waals surface area contributed by atoms with Crippen molar-refractivity contribution in [2.75, 3.05) is 0 Å². The van der Waals surface area contributed by atoms with Gasteiger partial charge in [-0.25, -0.2) is 4.98 Å². The molecule has 0 N–H and O–H groups in total. The van der Waals surface area contributed by atoms with Crippen molar-refractivity contribution in [1.82, 2.24) is 19.5 Å². The van der Waals surface area contributed by atoms with Crippen LogP contribution >= 0.6 is 0 Å². The van der Waals surface area contributed by atoms with Gasteiger partial charge in [0.15, 0.2) is 11.6 Å². The summed E-state index contributed by atoms with van der Waals surface area (Å²) in [5, 5.41) is 4.83. The zero-order valence-corrected chi connectivity index (χ0v) is 34.8. The summed E-state index contributed by atoms with van der Waals surface area (Å²) in [5.41, 5.74) is 18.7. The molecule has 3 aliphatic rings. The maximum Gasteiger partial charge on any atom is 0.238 e. The van der Waals surface area contributed by atoms with E-state index in [1.54, 1.807) is 0 Å². The Kier molecular flexibility index (Phi) is 6.80. The van der Waals surface area contributed by atoms with Crippen molar-refractivity contribution in [3.8, 4) is 62.1 Å². The van der Waals surface area contributed by atoms with E-state index >= 15 is 0 Å². The Bertz CT molecular complexity index is 3730. The summed E-state index contributed by atoms with van der Waals surface area (Å²) >= 11 is 0. The molecule has 3 aliphatic carbocycles. The minimum Gasteiger partial charge on any atom is -0.277 e. The molecule has 0 saturated carbocycles. The van der Waals surface area contributed by atoms with Crippen molar-refractivity contribution in [2.24, 2.45) is 0 Å². The van der Waals surface area contributed by atoms with Gasteiger partial charge in [-0.2, -0.15) is 9.97 Å². The Morgan fingerprint density at radius 3 is 1.60 bits per heavy atom. The summed E-state index contributed by atoms with van der Waals surface area (Å²) in [6, 6.07) is 71.0. The zero-order valence-electron chi connectivity index (χ0n) is 34.8. The lowest BCUT2D eigenvalue weighted by molar-refractivity contribution is 0.660. The maximum absolute atomic E-state index is 5.59. The van der Waals surface area contributed by atoms with Crippen LogP contribution in [0.3, 0.4) is 0 Å². The highest BCUT2D eigenvalue weighted by Crippen LogP contribution is 2.66. The van der Waals surface area contributed by atoms with E-state index in [1.165, 1.54) is 82.9 Å². The van der Waals surface area contributed by atoms with Gasteiger partial charge in [0, 0.05) is 32.9 Å². The van der Waals surface area contributed by atoms with E-state index in [0.717, 1.165) is 27.5 Å². The van der Waals surface area contributed by atoms with E-state index < -0.39 is 5.41 Å². The second-order valence-corrected chi connectivity index (χ2v) is 17.8. The van der Waals surface area contributed by atoms with Crippen LogP contribution in [0.4, 0.5) is 0 Å². The highest BCUT2D eigenvalue weighted by atomic mass is 15.2. The zero-order chi connectivity index (χ0) is 41.6. The first-order chi connectivity index (χ1) is 31.0. The summed E-state index contributed by atoms with van der Waals surface area (Å²) in [6.45, 7) is 4.65. The van der Waals surface area contributed by atoms with Crippen LogP contribution in [0.25, 0.3) is 94.7 Å². The van der Waals surface area contributed by atoms with Gasteiger partial charge in [-0.05, 0) is 84.1 Å². The fraction of sp³-hybridized carbons (Fsp3) is 0.0678. The third kappa shape index (κ3) is 4.37. The normalized spacial score (nSPS) is 14.4. The van der Waals surface area contributed by atoms with E-state index in [9.17, 15) is 0 Å². The van der Waals surface area contributed by atoms with Crippen molar-refractivity contribution in [3.63, 3.8) is 0 Å². The molecule has 4 nitrogen and oxygen atoms in total. The first-order valence-corrected chi connectivity index (χ1v) is 21.9. The molecule has 1 spiro atoms. The van der Waals surface area contributed by atoms with Crippen molar-refractivity contribution < 1.29 is 0 Å². The first kappa shape index (κ1) is 34.7. The van der Waals surface area contributed by atoms with E-state index in [-0.39, 0.29) is 5.41 Å². The third-order valence-electron chi connectivity index (χ3n) is 14.5. The molecule has 2 aromatic heterocycles. The van der Waals surface area contributed by atoms with Crippen LogP contribution in [0.15, 0.2) is 194 Å². The minimum atomic E-state index is -0.605. The van der Waals surface area contributed by atoms with Crippen LogP contribution in [0, 0.1) is 0 Å². The molecule has 0 unspecified atom stereocenters. The summed E-state index contributed by atoms with van der Waals surface area (Å²) in [5.74, 6) is 1.87. The number of rotatable bonds is 3. The van der Waals surface area contributed by atoms with E-state index in [0.29, 0.717) is 17.6 Å². The lowest BCUT2D eigenvalue weighted by Gasteiger charge is -2.31. The van der Waals surface area contributed by atoms with Gasteiger partial charge in [0.05, 0.1) is 16.4 Å². The molecule has 0 aliphatic heterocycles. The molecule has 0 amide bonds. The number of aromatic nitrogens is 4. The van der Waals surface area contributed by atoms with Crippen molar-refractivity contribution >= 4 is 32.6 Å². The molecule has 4 heteroatoms. The lowest BCUT2D eigenvalue weighted by Crippen LogP contribution is -2.27. The molecule has 14 rings (SSSR count). The number of nitrogens with zero attached hydrogens (tertiary/aromatic N) is 4. The predicted octanol–water partition coefficient (Wildman–Crippen LogP) is 14.1. The molecule has 294 valence electrons. The van der Waals surface area contributed by atoms with Gasteiger partial charge in [0.1, 0.15) is 0 Å². The largest absolute Gasteiger partial charge is 0.277 e. The molecule has 0 fully saturated rings. The number of hydrogen-bond acceptors (Lipinski definition) is 3. The SMILES string of the molecule is CC1(C)c2ccccc2-c2ccc(-c3nc(-c4ccccc4)nc(-n4c5ccccc5c5c6ccccc6c6c(c54)C4(c5ccccc5-c5ccccc54)c4ccccc4-6)n3)cc21. The van der Waals surface area contributed by atoms with Crippen LogP contribution in [0.2, 0.25) is 0 Å². The van der Waals surface area contributed by atoms with Gasteiger partial charge in [-0.1, -0.05) is 196 Å². The summed E-state index contributed by atoms with van der Waals surface area (Å²) in [4.78, 5) is 16.4. The van der Waals surface area contributed by atoms with Gasteiger partial charge in [0.2, 0.25) is 5.95 Å². The van der Waals surface area contributed by atoms with E-state index in [4.69, 9.17) is 15.0 Å². The average Bonchev–Trinajstić information content (AvgIpc) is 4.02. The van der Waals surface area contributed by atoms with Crippen molar-refractivity contribution in [2.45, 2.75) is 24.7 Å². The second-order valence-electron chi connectivity index (χ2n) is 17.8. The summed E-state index contributed by atoms with van der Waals surface area (Å²) in [7, 11) is 0. The highest BCUT2D eigenvalue weighted by Gasteiger charge is 2.54. The standard InChI is InChI=1S/C59H38N4/c1-58(2)45-27-13-8-20-37(45)40-33-32-36(34-49(40)58)56-60-55(35-18-4-3-5-19-35)61-57(62-56)63-50-31-17-12-26-44(50)52-42-24-7-6-23-41(42)51-43-25-11-16-30-48(43)59(53(51)54(52)63)46-28-14-9-21-38(46)39-22-10-15-29-47(39)59/h3-34H,1-2H3. The minimum absolute atomic E-state index is 0.175. The Balaban J connectivity index is 1.15. The Hall–Kier alpha value is -7.95. The summed E-state index contributed by atoms with van der Waals surface area (Å²) in [6.07, 6.45) is 0. The van der Waals surface area contributed by atoms with E-state index in [1.807, 2.05) is 6.07 Å². The van der Waals surface area contributed by atoms with Gasteiger partial charge in [0.25, 0.3) is 0 Å². The number of benzene rings is 9. The number of para-hydroxylation sites is 1. The second kappa shape index (κ2) is 12.3. The topological polar surface area (TPSA) is 43.6 Å².